The van der Waals surface area contributed by atoms with E-state index in [0.29, 0.717) is 0 Å². The molecule has 0 aromatic heterocycles. The molecule has 2 nitrogen and oxygen atoms in total. The van der Waals surface area contributed by atoms with Crippen molar-refractivity contribution < 1.29 is 0 Å². The third kappa shape index (κ3) is 2.17. The zero-order chi connectivity index (χ0) is 8.55. The Bertz CT molecular complexity index is 104. The van der Waals surface area contributed by atoms with E-state index >= 15 is 0 Å². The Balaban J connectivity index is 0.000000266. The van der Waals surface area contributed by atoms with Gasteiger partial charge in [0.2, 0.25) is 0 Å². The maximum absolute atomic E-state index is 4.00. The van der Waals surface area contributed by atoms with Crippen LogP contribution in [0, 0.1) is 23.7 Å². The Morgan fingerprint density at radius 3 is 0.846 bits per heavy atom. The van der Waals surface area contributed by atoms with E-state index in [9.17, 15) is 0 Å². The van der Waals surface area contributed by atoms with Gasteiger partial charge in [0.05, 0.1) is 0 Å². The van der Waals surface area contributed by atoms with Gasteiger partial charge in [-0.15, -0.1) is 12.4 Å². The molecule has 4 saturated carbocycles. The summed E-state index contributed by atoms with van der Waals surface area (Å²) in [5, 5.41) is 0. The van der Waals surface area contributed by atoms with Gasteiger partial charge < -0.3 is 0 Å². The van der Waals surface area contributed by atoms with E-state index in [-0.39, 0.29) is 12.4 Å². The summed E-state index contributed by atoms with van der Waals surface area (Å²) in [4.78, 5) is 0. The molecule has 4 N–H and O–H groups in total. The SMILES string of the molecule is C1C2CC3CC1CC(C2)C3.Cl.NN. The van der Waals surface area contributed by atoms with Crippen LogP contribution in [0.4, 0.5) is 0 Å². The van der Waals surface area contributed by atoms with E-state index in [1.165, 1.54) is 23.7 Å². The average Bonchev–Trinajstić information content (AvgIpc) is 2.05. The Morgan fingerprint density at radius 1 is 0.538 bits per heavy atom. The van der Waals surface area contributed by atoms with Crippen molar-refractivity contribution in [3.8, 4) is 0 Å². The highest BCUT2D eigenvalue weighted by Gasteiger charge is 2.41. The summed E-state index contributed by atoms with van der Waals surface area (Å²) < 4.78 is 0. The summed E-state index contributed by atoms with van der Waals surface area (Å²) >= 11 is 0. The molecule has 4 fully saturated rings. The molecule has 4 bridgehead atoms. The maximum Gasteiger partial charge on any atom is -0.0406 e. The van der Waals surface area contributed by atoms with Gasteiger partial charge in [-0.05, 0) is 62.2 Å². The van der Waals surface area contributed by atoms with Crippen molar-refractivity contribution in [3.63, 3.8) is 0 Å². The highest BCUT2D eigenvalue weighted by atomic mass is 35.5. The number of rotatable bonds is 0. The molecule has 78 valence electrons. The lowest BCUT2D eigenvalue weighted by Crippen LogP contribution is -2.38. The molecule has 0 atom stereocenters. The van der Waals surface area contributed by atoms with Gasteiger partial charge in [0, 0.05) is 0 Å². The first-order chi connectivity index (χ1) is 5.90. The minimum atomic E-state index is 0. The van der Waals surface area contributed by atoms with Crippen molar-refractivity contribution in [1.82, 2.24) is 0 Å². The van der Waals surface area contributed by atoms with E-state index < -0.39 is 0 Å². The van der Waals surface area contributed by atoms with Crippen molar-refractivity contribution in [2.45, 2.75) is 38.5 Å². The second kappa shape index (κ2) is 4.63. The highest BCUT2D eigenvalue weighted by molar-refractivity contribution is 5.85. The minimum absolute atomic E-state index is 0. The first-order valence-electron chi connectivity index (χ1n) is 5.23. The van der Waals surface area contributed by atoms with Gasteiger partial charge in [-0.3, -0.25) is 11.7 Å². The topological polar surface area (TPSA) is 52.0 Å². The van der Waals surface area contributed by atoms with Crippen LogP contribution >= 0.6 is 12.4 Å². The average molecular weight is 205 g/mol. The lowest BCUT2D eigenvalue weighted by atomic mass is 9.56. The van der Waals surface area contributed by atoms with Gasteiger partial charge >= 0.3 is 0 Å². The minimum Gasteiger partial charge on any atom is -0.274 e. The molecule has 0 aromatic rings. The summed E-state index contributed by atoms with van der Waals surface area (Å²) in [5.74, 6) is 12.7. The summed E-state index contributed by atoms with van der Waals surface area (Å²) in [7, 11) is 0. The summed E-state index contributed by atoms with van der Waals surface area (Å²) in [5.41, 5.74) is 0. The molecule has 0 saturated heterocycles. The summed E-state index contributed by atoms with van der Waals surface area (Å²) in [6, 6.07) is 0. The highest BCUT2D eigenvalue weighted by Crippen LogP contribution is 2.53. The van der Waals surface area contributed by atoms with Crippen molar-refractivity contribution in [2.24, 2.45) is 35.4 Å². The Hall–Kier alpha value is 0.210. The van der Waals surface area contributed by atoms with E-state index in [2.05, 4.69) is 11.7 Å². The first kappa shape index (κ1) is 11.3. The van der Waals surface area contributed by atoms with Crippen LogP contribution in [-0.2, 0) is 0 Å². The summed E-state index contributed by atoms with van der Waals surface area (Å²) in [6.07, 6.45) is 9.62. The van der Waals surface area contributed by atoms with E-state index in [4.69, 9.17) is 0 Å². The monoisotopic (exact) mass is 204 g/mol. The molecule has 0 radical (unpaired) electrons. The maximum atomic E-state index is 4.00. The van der Waals surface area contributed by atoms with E-state index in [0.717, 1.165) is 0 Å². The molecular formula is C10H21ClN2. The van der Waals surface area contributed by atoms with Crippen LogP contribution in [0.3, 0.4) is 0 Å². The molecule has 0 unspecified atom stereocenters. The lowest BCUT2D eigenvalue weighted by molar-refractivity contribution is 0.0198. The number of hydrazine groups is 1. The van der Waals surface area contributed by atoms with E-state index in [1.54, 1.807) is 38.5 Å². The van der Waals surface area contributed by atoms with Crippen molar-refractivity contribution in [1.29, 1.82) is 0 Å². The third-order valence-electron chi connectivity index (χ3n) is 4.00. The second-order valence-corrected chi connectivity index (χ2v) is 4.88. The van der Waals surface area contributed by atoms with Gasteiger partial charge in [0.25, 0.3) is 0 Å². The molecule has 0 amide bonds. The zero-order valence-electron chi connectivity index (χ0n) is 8.11. The van der Waals surface area contributed by atoms with Gasteiger partial charge in [-0.25, -0.2) is 0 Å². The van der Waals surface area contributed by atoms with Crippen molar-refractivity contribution >= 4 is 12.4 Å². The predicted molar refractivity (Wildman–Crippen MR) is 57.3 cm³/mol. The Morgan fingerprint density at radius 2 is 0.692 bits per heavy atom. The quantitative estimate of drug-likeness (QED) is 0.469. The number of hydrogen-bond donors (Lipinski definition) is 2. The third-order valence-corrected chi connectivity index (χ3v) is 4.00. The zero-order valence-corrected chi connectivity index (χ0v) is 8.93. The summed E-state index contributed by atoms with van der Waals surface area (Å²) in [6.45, 7) is 0. The van der Waals surface area contributed by atoms with Crippen molar-refractivity contribution in [3.05, 3.63) is 0 Å². The van der Waals surface area contributed by atoms with Crippen LogP contribution in [0.25, 0.3) is 0 Å². The molecule has 0 heterocycles. The standard InChI is InChI=1S/C10H16.ClH.H4N2/c1-7-2-9-4-8(1)5-10(3-7)6-9;;1-2/h7-10H,1-6H2;1H;1-2H2. The number of hydrogen-bond acceptors (Lipinski definition) is 2. The fourth-order valence-corrected chi connectivity index (χ4v) is 3.98. The lowest BCUT2D eigenvalue weighted by Gasteiger charge is -2.49. The second-order valence-electron chi connectivity index (χ2n) is 4.88. The van der Waals surface area contributed by atoms with Gasteiger partial charge in [0.1, 0.15) is 0 Å². The largest absolute Gasteiger partial charge is 0.274 e. The predicted octanol–water partition coefficient (Wildman–Crippen LogP) is 2.07. The molecule has 0 aliphatic heterocycles. The van der Waals surface area contributed by atoms with Crippen LogP contribution in [0.1, 0.15) is 38.5 Å². The smallest absolute Gasteiger partial charge is 0.0406 e. The number of halogens is 1. The molecule has 4 rings (SSSR count). The van der Waals surface area contributed by atoms with Crippen LogP contribution in [0.2, 0.25) is 0 Å². The first-order valence-corrected chi connectivity index (χ1v) is 5.23. The van der Waals surface area contributed by atoms with Crippen LogP contribution in [-0.4, -0.2) is 0 Å². The molecule has 0 aromatic carbocycles. The Kier molecular flexibility index (Phi) is 4.02. The molecule has 4 aliphatic rings. The van der Waals surface area contributed by atoms with Gasteiger partial charge in [-0.1, -0.05) is 0 Å². The van der Waals surface area contributed by atoms with Gasteiger partial charge in [-0.2, -0.15) is 0 Å². The van der Waals surface area contributed by atoms with Crippen LogP contribution < -0.4 is 11.7 Å². The van der Waals surface area contributed by atoms with E-state index in [1.807, 2.05) is 0 Å². The van der Waals surface area contributed by atoms with Gasteiger partial charge in [0.15, 0.2) is 0 Å². The fourth-order valence-electron chi connectivity index (χ4n) is 3.98. The number of nitrogens with two attached hydrogens (primary N) is 2. The van der Waals surface area contributed by atoms with Crippen molar-refractivity contribution in [2.75, 3.05) is 0 Å². The Labute approximate surface area is 86.8 Å². The molecule has 3 heteroatoms. The van der Waals surface area contributed by atoms with Crippen LogP contribution in [0.5, 0.6) is 0 Å². The molecule has 13 heavy (non-hydrogen) atoms. The molecule has 4 aliphatic carbocycles. The molecule has 0 spiro atoms. The fraction of sp³-hybridized carbons (Fsp3) is 1.00. The molecular weight excluding hydrogens is 184 g/mol. The van der Waals surface area contributed by atoms with Crippen LogP contribution in [0.15, 0.2) is 0 Å². The normalized spacial score (nSPS) is 44.8.